The number of benzene rings is 1. The molecule has 0 fully saturated rings. The van der Waals surface area contributed by atoms with E-state index in [0.29, 0.717) is 24.5 Å². The zero-order valence-electron chi connectivity index (χ0n) is 9.50. The van der Waals surface area contributed by atoms with E-state index in [0.717, 1.165) is 11.0 Å². The summed E-state index contributed by atoms with van der Waals surface area (Å²) in [5.74, 6) is 0.529. The normalized spacial score (nSPS) is 13.1. The molecule has 18 heavy (non-hydrogen) atoms. The van der Waals surface area contributed by atoms with Gasteiger partial charge in [-0.15, -0.1) is 5.10 Å². The minimum Gasteiger partial charge on any atom is -0.481 e. The lowest BCUT2D eigenvalue weighted by Crippen LogP contribution is -2.03. The lowest BCUT2D eigenvalue weighted by Gasteiger charge is -2.01. The summed E-state index contributed by atoms with van der Waals surface area (Å²) in [7, 11) is 0. The van der Waals surface area contributed by atoms with Crippen molar-refractivity contribution in [3.05, 3.63) is 12.1 Å². The Balaban J connectivity index is 1.87. The van der Waals surface area contributed by atoms with E-state index in [1.54, 1.807) is 10.7 Å². The van der Waals surface area contributed by atoms with Gasteiger partial charge in [-0.2, -0.15) is 0 Å². The lowest BCUT2D eigenvalue weighted by molar-refractivity contribution is -0.137. The van der Waals surface area contributed by atoms with Crippen molar-refractivity contribution in [3.8, 4) is 11.5 Å². The van der Waals surface area contributed by atoms with Crippen LogP contribution in [0.2, 0.25) is 0 Å². The molecule has 0 saturated heterocycles. The lowest BCUT2D eigenvalue weighted by atomic mass is 10.2. The minimum absolute atomic E-state index is 0.117. The highest BCUT2D eigenvalue weighted by atomic mass is 16.7. The second-order valence-corrected chi connectivity index (χ2v) is 4.00. The number of fused-ring (bicyclic) bond motifs is 2. The Morgan fingerprint density at radius 2 is 2.17 bits per heavy atom. The van der Waals surface area contributed by atoms with Crippen molar-refractivity contribution in [1.82, 2.24) is 15.0 Å². The Morgan fingerprint density at radius 3 is 2.94 bits per heavy atom. The summed E-state index contributed by atoms with van der Waals surface area (Å²) in [5, 5.41) is 16.6. The van der Waals surface area contributed by atoms with Crippen LogP contribution in [0, 0.1) is 0 Å². The highest BCUT2D eigenvalue weighted by Gasteiger charge is 2.17. The number of carboxylic acids is 1. The fourth-order valence-electron chi connectivity index (χ4n) is 1.90. The van der Waals surface area contributed by atoms with Gasteiger partial charge in [-0.25, -0.2) is 4.68 Å². The van der Waals surface area contributed by atoms with Gasteiger partial charge in [0.25, 0.3) is 0 Å². The molecule has 94 valence electrons. The van der Waals surface area contributed by atoms with E-state index in [9.17, 15) is 4.79 Å². The molecule has 1 aliphatic heterocycles. The Hall–Kier alpha value is -2.31. The second-order valence-electron chi connectivity index (χ2n) is 4.00. The van der Waals surface area contributed by atoms with Crippen LogP contribution in [-0.4, -0.2) is 32.9 Å². The third-order valence-electron chi connectivity index (χ3n) is 2.77. The number of ether oxygens (including phenoxy) is 2. The number of aliphatic carboxylic acids is 1. The van der Waals surface area contributed by atoms with Crippen molar-refractivity contribution >= 4 is 17.0 Å². The van der Waals surface area contributed by atoms with Crippen molar-refractivity contribution in [1.29, 1.82) is 0 Å². The number of rotatable bonds is 4. The van der Waals surface area contributed by atoms with Gasteiger partial charge in [0.15, 0.2) is 11.5 Å². The fourth-order valence-corrected chi connectivity index (χ4v) is 1.90. The molecule has 0 bridgehead atoms. The van der Waals surface area contributed by atoms with Gasteiger partial charge in [0.2, 0.25) is 6.79 Å². The standard InChI is InChI=1S/C11H11N3O4/c15-11(16)2-1-3-14-8-5-10-9(17-6-18-10)4-7(8)12-13-14/h4-5H,1-3,6H2,(H,15,16). The quantitative estimate of drug-likeness (QED) is 0.870. The maximum atomic E-state index is 10.5. The van der Waals surface area contributed by atoms with Gasteiger partial charge >= 0.3 is 5.97 Å². The van der Waals surface area contributed by atoms with Gasteiger partial charge < -0.3 is 14.6 Å². The second kappa shape index (κ2) is 4.17. The van der Waals surface area contributed by atoms with Crippen LogP contribution in [0.3, 0.4) is 0 Å². The first-order valence-corrected chi connectivity index (χ1v) is 5.59. The van der Waals surface area contributed by atoms with Crippen LogP contribution >= 0.6 is 0 Å². The minimum atomic E-state index is -0.808. The van der Waals surface area contributed by atoms with Gasteiger partial charge in [-0.3, -0.25) is 4.79 Å². The highest BCUT2D eigenvalue weighted by Crippen LogP contribution is 2.35. The molecule has 0 unspecified atom stereocenters. The third-order valence-corrected chi connectivity index (χ3v) is 2.77. The molecule has 7 heteroatoms. The van der Waals surface area contributed by atoms with Crippen LogP contribution in [0.25, 0.3) is 11.0 Å². The molecule has 1 aliphatic rings. The first kappa shape index (κ1) is 10.8. The Kier molecular flexibility index (Phi) is 2.51. The van der Waals surface area contributed by atoms with Crippen LogP contribution in [0.15, 0.2) is 12.1 Å². The van der Waals surface area contributed by atoms with Crippen molar-refractivity contribution in [2.24, 2.45) is 0 Å². The Bertz CT molecular complexity index is 608. The molecule has 3 rings (SSSR count). The molecule has 0 atom stereocenters. The van der Waals surface area contributed by atoms with Gasteiger partial charge in [0.1, 0.15) is 5.52 Å². The van der Waals surface area contributed by atoms with Crippen molar-refractivity contribution < 1.29 is 19.4 Å². The molecule has 2 heterocycles. The largest absolute Gasteiger partial charge is 0.481 e. The molecular weight excluding hydrogens is 238 g/mol. The smallest absolute Gasteiger partial charge is 0.303 e. The average molecular weight is 249 g/mol. The van der Waals surface area contributed by atoms with Gasteiger partial charge in [-0.1, -0.05) is 5.21 Å². The topological polar surface area (TPSA) is 86.5 Å². The van der Waals surface area contributed by atoms with E-state index in [4.69, 9.17) is 14.6 Å². The zero-order valence-corrected chi connectivity index (χ0v) is 9.50. The third kappa shape index (κ3) is 1.83. The Labute approximate surface area is 102 Å². The average Bonchev–Trinajstić information content (AvgIpc) is 2.92. The molecule has 7 nitrogen and oxygen atoms in total. The number of carboxylic acid groups (broad SMARTS) is 1. The van der Waals surface area contributed by atoms with Gasteiger partial charge in [0.05, 0.1) is 5.52 Å². The summed E-state index contributed by atoms with van der Waals surface area (Å²) in [4.78, 5) is 10.5. The number of nitrogens with zero attached hydrogens (tertiary/aromatic N) is 3. The van der Waals surface area contributed by atoms with Crippen LogP contribution in [-0.2, 0) is 11.3 Å². The summed E-state index contributed by atoms with van der Waals surface area (Å²) >= 11 is 0. The van der Waals surface area contributed by atoms with Crippen LogP contribution in [0.4, 0.5) is 0 Å². The number of aryl methyl sites for hydroxylation is 1. The molecule has 0 amide bonds. The summed E-state index contributed by atoms with van der Waals surface area (Å²) in [5.41, 5.74) is 1.54. The molecule has 0 saturated carbocycles. The SMILES string of the molecule is O=C(O)CCCn1nnc2cc3c(cc21)OCO3. The zero-order chi connectivity index (χ0) is 12.5. The first-order chi connectivity index (χ1) is 8.74. The fraction of sp³-hybridized carbons (Fsp3) is 0.364. The molecule has 0 aliphatic carbocycles. The van der Waals surface area contributed by atoms with E-state index in [-0.39, 0.29) is 13.2 Å². The monoisotopic (exact) mass is 249 g/mol. The predicted molar refractivity (Wildman–Crippen MR) is 60.5 cm³/mol. The van der Waals surface area contributed by atoms with E-state index in [1.807, 2.05) is 6.07 Å². The van der Waals surface area contributed by atoms with Crippen LogP contribution in [0.1, 0.15) is 12.8 Å². The molecule has 0 radical (unpaired) electrons. The number of aromatic nitrogens is 3. The number of hydrogen-bond acceptors (Lipinski definition) is 5. The van der Waals surface area contributed by atoms with Gasteiger partial charge in [-0.05, 0) is 6.42 Å². The molecule has 1 aromatic carbocycles. The van der Waals surface area contributed by atoms with E-state index < -0.39 is 5.97 Å². The summed E-state index contributed by atoms with van der Waals surface area (Å²) < 4.78 is 12.2. The van der Waals surface area contributed by atoms with Crippen molar-refractivity contribution in [3.63, 3.8) is 0 Å². The summed E-state index contributed by atoms with van der Waals surface area (Å²) in [6, 6.07) is 3.59. The maximum Gasteiger partial charge on any atom is 0.303 e. The molecule has 1 aromatic heterocycles. The van der Waals surface area contributed by atoms with E-state index in [1.165, 1.54) is 0 Å². The Morgan fingerprint density at radius 1 is 1.39 bits per heavy atom. The number of carbonyl (C=O) groups is 1. The molecule has 1 N–H and O–H groups in total. The van der Waals surface area contributed by atoms with Gasteiger partial charge in [0, 0.05) is 25.1 Å². The highest BCUT2D eigenvalue weighted by molar-refractivity contribution is 5.79. The summed E-state index contributed by atoms with van der Waals surface area (Å²) in [6.07, 6.45) is 0.633. The van der Waals surface area contributed by atoms with Crippen molar-refractivity contribution in [2.75, 3.05) is 6.79 Å². The van der Waals surface area contributed by atoms with Crippen LogP contribution < -0.4 is 9.47 Å². The van der Waals surface area contributed by atoms with E-state index in [2.05, 4.69) is 10.3 Å². The van der Waals surface area contributed by atoms with Crippen LogP contribution in [0.5, 0.6) is 11.5 Å². The maximum absolute atomic E-state index is 10.5. The molecule has 2 aromatic rings. The number of hydrogen-bond donors (Lipinski definition) is 1. The molecular formula is C11H11N3O4. The summed E-state index contributed by atoms with van der Waals surface area (Å²) in [6.45, 7) is 0.733. The van der Waals surface area contributed by atoms with Crippen molar-refractivity contribution in [2.45, 2.75) is 19.4 Å². The van der Waals surface area contributed by atoms with E-state index >= 15 is 0 Å². The predicted octanol–water partition coefficient (Wildman–Crippen LogP) is 1.02. The molecule has 0 spiro atoms. The first-order valence-electron chi connectivity index (χ1n) is 5.59.